The second kappa shape index (κ2) is 8.56. The molecule has 1 aromatic rings. The molecule has 0 radical (unpaired) electrons. The Labute approximate surface area is 141 Å². The van der Waals surface area contributed by atoms with Gasteiger partial charge in [-0.3, -0.25) is 0 Å². The summed E-state index contributed by atoms with van der Waals surface area (Å²) >= 11 is 0. The van der Waals surface area contributed by atoms with Crippen molar-refractivity contribution >= 4 is 30.3 Å². The number of nitrogens with one attached hydrogen (secondary N) is 2. The van der Waals surface area contributed by atoms with E-state index in [1.54, 1.807) is 20.8 Å². The van der Waals surface area contributed by atoms with Gasteiger partial charge >= 0.3 is 19.2 Å². The lowest BCUT2D eigenvalue weighted by Gasteiger charge is -2.20. The van der Waals surface area contributed by atoms with Crippen LogP contribution in [-0.4, -0.2) is 55.0 Å². The van der Waals surface area contributed by atoms with Crippen LogP contribution >= 0.6 is 0 Å². The Bertz CT molecular complexity index is 586. The standard InChI is InChI=1S/C15H23BN2O6/c1-15(2,3)24-14(20)18-9-8-17-12-10(13(19)23-4)6-5-7-11(12)16(21)22/h5-7,17,21-22H,8-9H2,1-4H3,(H,18,20). The molecule has 0 aliphatic heterocycles. The van der Waals surface area contributed by atoms with Crippen LogP contribution < -0.4 is 16.1 Å². The average Bonchev–Trinajstić information content (AvgIpc) is 2.48. The molecule has 0 fully saturated rings. The number of anilines is 1. The molecule has 0 heterocycles. The van der Waals surface area contributed by atoms with E-state index in [4.69, 9.17) is 4.74 Å². The number of benzene rings is 1. The number of alkyl carbamates (subject to hydrolysis) is 1. The van der Waals surface area contributed by atoms with Gasteiger partial charge in [-0.25, -0.2) is 9.59 Å². The van der Waals surface area contributed by atoms with Gasteiger partial charge in [-0.15, -0.1) is 0 Å². The average molecular weight is 338 g/mol. The maximum Gasteiger partial charge on any atom is 0.490 e. The third-order valence-corrected chi connectivity index (χ3v) is 2.88. The summed E-state index contributed by atoms with van der Waals surface area (Å²) in [5.41, 5.74) is -0.0516. The summed E-state index contributed by atoms with van der Waals surface area (Å²) in [5.74, 6) is -0.611. The monoisotopic (exact) mass is 338 g/mol. The van der Waals surface area contributed by atoms with E-state index in [0.29, 0.717) is 0 Å². The number of carbonyl (C=O) groups is 2. The quantitative estimate of drug-likeness (QED) is 0.330. The lowest BCUT2D eigenvalue weighted by Crippen LogP contribution is -2.37. The summed E-state index contributed by atoms with van der Waals surface area (Å²) in [6.45, 7) is 5.73. The minimum atomic E-state index is -1.75. The zero-order chi connectivity index (χ0) is 18.3. The number of hydrogen-bond acceptors (Lipinski definition) is 7. The van der Waals surface area contributed by atoms with Crippen LogP contribution in [0.2, 0.25) is 0 Å². The van der Waals surface area contributed by atoms with Gasteiger partial charge in [0.05, 0.1) is 12.7 Å². The van der Waals surface area contributed by atoms with Crippen LogP contribution in [0.15, 0.2) is 18.2 Å². The molecule has 0 aliphatic carbocycles. The van der Waals surface area contributed by atoms with Crippen LogP contribution in [0.25, 0.3) is 0 Å². The van der Waals surface area contributed by atoms with Gasteiger partial charge < -0.3 is 30.2 Å². The van der Waals surface area contributed by atoms with Crippen molar-refractivity contribution in [2.45, 2.75) is 26.4 Å². The highest BCUT2D eigenvalue weighted by Crippen LogP contribution is 2.14. The van der Waals surface area contributed by atoms with Gasteiger partial charge in [0.25, 0.3) is 0 Å². The molecule has 0 atom stereocenters. The predicted molar refractivity (Wildman–Crippen MR) is 90.3 cm³/mol. The molecule has 0 saturated carbocycles. The highest BCUT2D eigenvalue weighted by Gasteiger charge is 2.22. The van der Waals surface area contributed by atoms with Crippen molar-refractivity contribution in [3.05, 3.63) is 23.8 Å². The van der Waals surface area contributed by atoms with Crippen LogP contribution in [0.5, 0.6) is 0 Å². The van der Waals surface area contributed by atoms with Crippen molar-refractivity contribution in [1.29, 1.82) is 0 Å². The summed E-state index contributed by atoms with van der Waals surface area (Å²) < 4.78 is 9.78. The molecule has 0 aromatic heterocycles. The third kappa shape index (κ3) is 6.09. The maximum absolute atomic E-state index is 11.8. The number of ether oxygens (including phenoxy) is 2. The zero-order valence-electron chi connectivity index (χ0n) is 14.3. The van der Waals surface area contributed by atoms with Gasteiger partial charge in [-0.1, -0.05) is 12.1 Å². The molecule has 0 unspecified atom stereocenters. The van der Waals surface area contributed by atoms with Crippen LogP contribution in [0.3, 0.4) is 0 Å². The first-order chi connectivity index (χ1) is 11.2. The Morgan fingerprint density at radius 3 is 2.42 bits per heavy atom. The van der Waals surface area contributed by atoms with E-state index in [9.17, 15) is 19.6 Å². The molecular weight excluding hydrogens is 315 g/mol. The Morgan fingerprint density at radius 2 is 1.88 bits per heavy atom. The topological polar surface area (TPSA) is 117 Å². The van der Waals surface area contributed by atoms with Gasteiger partial charge in [0.1, 0.15) is 5.60 Å². The fourth-order valence-electron chi connectivity index (χ4n) is 1.93. The van der Waals surface area contributed by atoms with Crippen LogP contribution in [0, 0.1) is 0 Å². The molecule has 1 amide bonds. The lowest BCUT2D eigenvalue weighted by atomic mass is 9.78. The van der Waals surface area contributed by atoms with Gasteiger partial charge in [-0.2, -0.15) is 0 Å². The number of carbonyl (C=O) groups excluding carboxylic acids is 2. The lowest BCUT2D eigenvalue weighted by molar-refractivity contribution is 0.0528. The smallest absolute Gasteiger partial charge is 0.465 e. The van der Waals surface area contributed by atoms with E-state index in [2.05, 4.69) is 15.4 Å². The van der Waals surface area contributed by atoms with E-state index in [1.165, 1.54) is 25.3 Å². The van der Waals surface area contributed by atoms with Crippen molar-refractivity contribution < 1.29 is 29.1 Å². The third-order valence-electron chi connectivity index (χ3n) is 2.88. The Balaban J connectivity index is 2.73. The Kier molecular flexibility index (Phi) is 7.06. The molecule has 9 heteroatoms. The summed E-state index contributed by atoms with van der Waals surface area (Å²) in [5, 5.41) is 24.3. The maximum atomic E-state index is 11.8. The molecular formula is C15H23BN2O6. The number of amides is 1. The van der Waals surface area contributed by atoms with Crippen LogP contribution in [-0.2, 0) is 9.47 Å². The number of rotatable bonds is 6. The fraction of sp³-hybridized carbons (Fsp3) is 0.467. The van der Waals surface area contributed by atoms with Crippen molar-refractivity contribution in [1.82, 2.24) is 5.32 Å². The second-order valence-corrected chi connectivity index (χ2v) is 5.99. The molecule has 4 N–H and O–H groups in total. The molecule has 0 saturated heterocycles. The number of esters is 1. The highest BCUT2D eigenvalue weighted by atomic mass is 16.6. The summed E-state index contributed by atoms with van der Waals surface area (Å²) in [7, 11) is -0.519. The summed E-state index contributed by atoms with van der Waals surface area (Å²) in [6.07, 6.45) is -0.562. The molecule has 8 nitrogen and oxygen atoms in total. The van der Waals surface area contributed by atoms with Gasteiger partial charge in [-0.05, 0) is 26.8 Å². The van der Waals surface area contributed by atoms with Gasteiger partial charge in [0.15, 0.2) is 0 Å². The summed E-state index contributed by atoms with van der Waals surface area (Å²) in [6, 6.07) is 4.49. The van der Waals surface area contributed by atoms with Crippen LogP contribution in [0.4, 0.5) is 10.5 Å². The van der Waals surface area contributed by atoms with E-state index in [-0.39, 0.29) is 29.8 Å². The molecule has 0 bridgehead atoms. The largest absolute Gasteiger partial charge is 0.490 e. The first-order valence-electron chi connectivity index (χ1n) is 7.44. The molecule has 132 valence electrons. The Morgan fingerprint density at radius 1 is 1.21 bits per heavy atom. The normalized spacial score (nSPS) is 10.8. The fourth-order valence-corrected chi connectivity index (χ4v) is 1.93. The van der Waals surface area contributed by atoms with E-state index < -0.39 is 24.8 Å². The van der Waals surface area contributed by atoms with E-state index in [0.717, 1.165) is 0 Å². The van der Waals surface area contributed by atoms with E-state index in [1.807, 2.05) is 0 Å². The second-order valence-electron chi connectivity index (χ2n) is 5.99. The minimum Gasteiger partial charge on any atom is -0.465 e. The predicted octanol–water partition coefficient (Wildman–Crippen LogP) is 0.0896. The van der Waals surface area contributed by atoms with Gasteiger partial charge in [0, 0.05) is 24.2 Å². The first kappa shape index (κ1) is 19.8. The summed E-state index contributed by atoms with van der Waals surface area (Å²) in [4.78, 5) is 23.3. The van der Waals surface area contributed by atoms with Crippen molar-refractivity contribution in [3.8, 4) is 0 Å². The highest BCUT2D eigenvalue weighted by molar-refractivity contribution is 6.60. The van der Waals surface area contributed by atoms with E-state index >= 15 is 0 Å². The number of hydrogen-bond donors (Lipinski definition) is 4. The van der Waals surface area contributed by atoms with Crippen LogP contribution in [0.1, 0.15) is 31.1 Å². The Hall–Kier alpha value is -2.26. The zero-order valence-corrected chi connectivity index (χ0v) is 14.3. The SMILES string of the molecule is COC(=O)c1cccc(B(O)O)c1NCCNC(=O)OC(C)(C)C. The number of para-hydroxylation sites is 1. The molecule has 1 rings (SSSR count). The van der Waals surface area contributed by atoms with Crippen molar-refractivity contribution in [2.24, 2.45) is 0 Å². The first-order valence-corrected chi connectivity index (χ1v) is 7.44. The molecule has 0 aliphatic rings. The van der Waals surface area contributed by atoms with Gasteiger partial charge in [0.2, 0.25) is 0 Å². The molecule has 1 aromatic carbocycles. The van der Waals surface area contributed by atoms with Crippen molar-refractivity contribution in [3.63, 3.8) is 0 Å². The number of methoxy groups -OCH3 is 1. The minimum absolute atomic E-state index is 0.134. The molecule has 24 heavy (non-hydrogen) atoms. The molecule has 0 spiro atoms. The van der Waals surface area contributed by atoms with Crippen molar-refractivity contribution in [2.75, 3.05) is 25.5 Å².